The van der Waals surface area contributed by atoms with Gasteiger partial charge in [0.25, 0.3) is 11.8 Å². The van der Waals surface area contributed by atoms with Gasteiger partial charge in [0.05, 0.1) is 37.0 Å². The number of esters is 2. The molecule has 0 unspecified atom stereocenters. The highest BCUT2D eigenvalue weighted by atomic mass is 31.2. The van der Waals surface area contributed by atoms with Gasteiger partial charge in [-0.15, -0.1) is 0 Å². The first-order valence-electron chi connectivity index (χ1n) is 23.3. The Kier molecular flexibility index (Phi) is 18.7. The average Bonchev–Trinajstić information content (AvgIpc) is 3.62. The van der Waals surface area contributed by atoms with Crippen LogP contribution in [0, 0.1) is 34.8 Å². The Morgan fingerprint density at radius 3 is 2.26 bits per heavy atom. The highest BCUT2D eigenvalue weighted by molar-refractivity contribution is 7.48. The number of hydrogen-bond acceptors (Lipinski definition) is 16. The van der Waals surface area contributed by atoms with Crippen LogP contribution in [0.4, 0.5) is 13.6 Å². The second-order valence-electron chi connectivity index (χ2n) is 19.7. The number of ether oxygens (including phenoxy) is 4. The van der Waals surface area contributed by atoms with Crippen LogP contribution in [0.15, 0.2) is 34.3 Å². The van der Waals surface area contributed by atoms with Crippen LogP contribution in [0.25, 0.3) is 0 Å². The van der Waals surface area contributed by atoms with Crippen LogP contribution in [0.3, 0.4) is 0 Å². The van der Waals surface area contributed by atoms with Crippen LogP contribution in [-0.2, 0) is 53.3 Å². The molecule has 5 rings (SSSR count). The van der Waals surface area contributed by atoms with E-state index in [4.69, 9.17) is 37.4 Å². The molecule has 3 aliphatic rings. The van der Waals surface area contributed by atoms with Crippen LogP contribution in [0.1, 0.15) is 127 Å². The molecule has 1 fully saturated rings. The number of oxime groups is 1. The summed E-state index contributed by atoms with van der Waals surface area (Å²) in [5.74, 6) is -5.62. The number of carbonyl (C=O) groups is 5. The Morgan fingerprint density at radius 2 is 1.64 bits per heavy atom. The number of nitrogens with one attached hydrogen (secondary N) is 1. The van der Waals surface area contributed by atoms with Crippen LogP contribution < -0.4 is 15.5 Å². The first-order chi connectivity index (χ1) is 32.8. The van der Waals surface area contributed by atoms with Gasteiger partial charge in [-0.25, -0.2) is 22.7 Å². The second kappa shape index (κ2) is 23.6. The van der Waals surface area contributed by atoms with E-state index in [1.165, 1.54) is 24.6 Å². The van der Waals surface area contributed by atoms with Crippen LogP contribution >= 0.6 is 7.82 Å². The minimum Gasteiger partial charge on any atom is -0.464 e. The third-order valence-electron chi connectivity index (χ3n) is 11.8. The van der Waals surface area contributed by atoms with Crippen molar-refractivity contribution in [3.63, 3.8) is 0 Å². The number of amides is 3. The zero-order valence-corrected chi connectivity index (χ0v) is 42.4. The largest absolute Gasteiger partial charge is 0.477 e. The molecule has 0 saturated carbocycles. The van der Waals surface area contributed by atoms with E-state index in [0.717, 1.165) is 17.0 Å². The monoisotopic (exact) mass is 1010 g/mol. The van der Waals surface area contributed by atoms with Gasteiger partial charge < -0.3 is 38.6 Å². The van der Waals surface area contributed by atoms with Crippen molar-refractivity contribution in [2.24, 2.45) is 28.3 Å². The molecule has 3 aliphatic heterocycles. The van der Waals surface area contributed by atoms with Crippen molar-refractivity contribution >= 4 is 43.4 Å². The maximum absolute atomic E-state index is 14.6. The normalized spacial score (nSPS) is 18.9. The summed E-state index contributed by atoms with van der Waals surface area (Å²) in [7, 11) is -4.16. The third kappa shape index (κ3) is 14.1. The molecule has 2 bridgehead atoms. The molecule has 1 saturated heterocycles. The van der Waals surface area contributed by atoms with E-state index in [-0.39, 0.29) is 74.4 Å². The first-order valence-corrected chi connectivity index (χ1v) is 24.8. The predicted octanol–water partition coefficient (Wildman–Crippen LogP) is 7.13. The van der Waals surface area contributed by atoms with Crippen molar-refractivity contribution in [1.29, 1.82) is 0 Å². The highest BCUT2D eigenvalue weighted by Crippen LogP contribution is 2.50. The first kappa shape index (κ1) is 55.5. The molecular formula is C47H66F2N5O15P. The quantitative estimate of drug-likeness (QED) is 0.0505. The number of phosphoric ester groups is 1. The Hall–Kier alpha value is -5.44. The second-order valence-corrected chi connectivity index (χ2v) is 21.4. The Balaban J connectivity index is 1.35. The topological polar surface area (TPSA) is 229 Å². The molecule has 70 heavy (non-hydrogen) atoms. The standard InChI is InChI=1S/C47H66F2N5O15P/c1-28(2)23-62-38(55)22-52(45(60)65-27-68-70(61,66-24-29(3)4)67-25-30(5)6)16-15-46(9,10)44(59)64-26-63-41-39-43(58)53-21-37(47(14-13-32(53)8)18-31(7)51-69-47)54(39)20-35(40(41)56)42(57)50-19-33-11-12-34(48)17-36(33)49/h11-12,17,20,28-30,32,37H,13-16,18-19,21-27H2,1-10H3,(H,50,57)/t32-,37+,47-/m0/s1. The molecular weight excluding hydrogens is 944 g/mol. The molecule has 1 N–H and O–H groups in total. The van der Waals surface area contributed by atoms with E-state index >= 15 is 0 Å². The minimum atomic E-state index is -4.16. The zero-order valence-electron chi connectivity index (χ0n) is 41.5. The molecule has 1 aromatic carbocycles. The Morgan fingerprint density at radius 1 is 0.971 bits per heavy atom. The number of halogens is 2. The molecule has 3 amide bonds. The number of nitrogens with zero attached hydrogens (tertiary/aromatic N) is 4. The molecule has 0 radical (unpaired) electrons. The Labute approximate surface area is 406 Å². The summed E-state index contributed by atoms with van der Waals surface area (Å²) in [6, 6.07) is 1.84. The van der Waals surface area contributed by atoms with E-state index in [2.05, 4.69) is 10.5 Å². The van der Waals surface area contributed by atoms with E-state index in [1.54, 1.807) is 11.8 Å². The van der Waals surface area contributed by atoms with Gasteiger partial charge in [0.1, 0.15) is 23.7 Å². The third-order valence-corrected chi connectivity index (χ3v) is 13.1. The maximum atomic E-state index is 14.6. The fourth-order valence-corrected chi connectivity index (χ4v) is 9.08. The molecule has 3 atom stereocenters. The molecule has 1 spiro atoms. The number of benzene rings is 1. The van der Waals surface area contributed by atoms with Crippen molar-refractivity contribution in [3.8, 4) is 5.75 Å². The number of aromatic nitrogens is 1. The summed E-state index contributed by atoms with van der Waals surface area (Å²) >= 11 is 0. The number of hydrogen-bond donors (Lipinski definition) is 1. The SMILES string of the molecule is CC1=NO[C@@]2(CC[C@H](C)N3C[C@H]2n2cc(C(=O)NCc4ccc(F)cc4F)c(=O)c(OCOC(=O)C(C)(C)CCN(CC(=O)OCC(C)C)C(=O)OCOP(=O)(OCC(C)C)OCC(C)C)c2C3=O)C1. The lowest BCUT2D eigenvalue weighted by molar-refractivity contribution is -0.161. The lowest BCUT2D eigenvalue weighted by Crippen LogP contribution is -2.52. The van der Waals surface area contributed by atoms with Crippen LogP contribution in [0.2, 0.25) is 0 Å². The summed E-state index contributed by atoms with van der Waals surface area (Å²) in [4.78, 5) is 91.2. The van der Waals surface area contributed by atoms with E-state index in [1.807, 2.05) is 48.5 Å². The maximum Gasteiger partial charge on any atom is 0.477 e. The number of fused-ring (bicyclic) bond motifs is 5. The van der Waals surface area contributed by atoms with E-state index < -0.39 is 110 Å². The van der Waals surface area contributed by atoms with Crippen molar-refractivity contribution in [2.45, 2.75) is 119 Å². The molecule has 2 aromatic rings. The van der Waals surface area contributed by atoms with Gasteiger partial charge in [-0.1, -0.05) is 52.8 Å². The average molecular weight is 1010 g/mol. The van der Waals surface area contributed by atoms with Gasteiger partial charge in [-0.2, -0.15) is 0 Å². The molecule has 23 heteroatoms. The van der Waals surface area contributed by atoms with Gasteiger partial charge in [0.2, 0.25) is 24.8 Å². The number of carbonyl (C=O) groups excluding carboxylic acids is 5. The van der Waals surface area contributed by atoms with E-state index in [9.17, 15) is 42.1 Å². The van der Waals surface area contributed by atoms with Crippen molar-refractivity contribution < 1.29 is 74.7 Å². The fourth-order valence-electron chi connectivity index (χ4n) is 7.72. The highest BCUT2D eigenvalue weighted by Gasteiger charge is 2.54. The summed E-state index contributed by atoms with van der Waals surface area (Å²) in [5, 5.41) is 6.71. The summed E-state index contributed by atoms with van der Waals surface area (Å²) < 4.78 is 81.0. The Bertz CT molecular complexity index is 2380. The van der Waals surface area contributed by atoms with E-state index in [0.29, 0.717) is 31.0 Å². The zero-order chi connectivity index (χ0) is 51.7. The van der Waals surface area contributed by atoms with Crippen molar-refractivity contribution in [1.82, 2.24) is 19.7 Å². The fraction of sp³-hybridized carbons (Fsp3) is 0.638. The van der Waals surface area contributed by atoms with Gasteiger partial charge in [0, 0.05) is 49.9 Å². The predicted molar refractivity (Wildman–Crippen MR) is 248 cm³/mol. The van der Waals surface area contributed by atoms with Crippen LogP contribution in [-0.4, -0.2) is 115 Å². The molecule has 1 aromatic heterocycles. The molecule has 20 nitrogen and oxygen atoms in total. The van der Waals surface area contributed by atoms with Gasteiger partial charge in [-0.05, 0) is 70.8 Å². The number of rotatable bonds is 23. The van der Waals surface area contributed by atoms with Crippen molar-refractivity contribution in [2.75, 3.05) is 53.0 Å². The molecule has 4 heterocycles. The summed E-state index contributed by atoms with van der Waals surface area (Å²) in [5.41, 5.74) is -3.49. The number of pyridine rings is 1. The lowest BCUT2D eigenvalue weighted by Gasteiger charge is -2.42. The van der Waals surface area contributed by atoms with Crippen LogP contribution in [0.5, 0.6) is 5.75 Å². The van der Waals surface area contributed by atoms with Crippen molar-refractivity contribution in [3.05, 3.63) is 63.1 Å². The number of phosphoric acid groups is 1. The lowest BCUT2D eigenvalue weighted by atomic mass is 9.84. The summed E-state index contributed by atoms with van der Waals surface area (Å²) in [6.45, 7) is 14.8. The molecule has 0 aliphatic carbocycles. The summed E-state index contributed by atoms with van der Waals surface area (Å²) in [6.07, 6.45) is 1.39. The molecule has 388 valence electrons. The van der Waals surface area contributed by atoms with Gasteiger partial charge in [0.15, 0.2) is 11.3 Å². The van der Waals surface area contributed by atoms with Gasteiger partial charge in [-0.3, -0.25) is 37.9 Å². The van der Waals surface area contributed by atoms with Gasteiger partial charge >= 0.3 is 25.9 Å². The minimum absolute atomic E-state index is 0.0141. The smallest absolute Gasteiger partial charge is 0.464 e.